The van der Waals surface area contributed by atoms with Crippen molar-refractivity contribution in [1.82, 2.24) is 25.1 Å². The van der Waals surface area contributed by atoms with Crippen molar-refractivity contribution in [2.24, 2.45) is 5.41 Å². The Morgan fingerprint density at radius 1 is 1.10 bits per heavy atom. The number of aryl methyl sites for hydroxylation is 1. The molecule has 11 nitrogen and oxygen atoms in total. The monoisotopic (exact) mass is 569 g/mol. The summed E-state index contributed by atoms with van der Waals surface area (Å²) in [6, 6.07) is 12.4. The van der Waals surface area contributed by atoms with Crippen molar-refractivity contribution in [3.05, 3.63) is 66.0 Å². The molecule has 1 unspecified atom stereocenters. The van der Waals surface area contributed by atoms with Crippen molar-refractivity contribution < 1.29 is 19.1 Å². The van der Waals surface area contributed by atoms with Gasteiger partial charge < -0.3 is 25.0 Å². The lowest BCUT2D eigenvalue weighted by Gasteiger charge is -2.40. The van der Waals surface area contributed by atoms with Gasteiger partial charge in [0.2, 0.25) is 5.91 Å². The Morgan fingerprint density at radius 3 is 2.67 bits per heavy atom. The molecule has 2 saturated heterocycles. The van der Waals surface area contributed by atoms with Gasteiger partial charge in [0.1, 0.15) is 22.7 Å². The molecule has 42 heavy (non-hydrogen) atoms. The summed E-state index contributed by atoms with van der Waals surface area (Å²) in [5.74, 6) is 2.24. The molecule has 0 aliphatic carbocycles. The average Bonchev–Trinajstić information content (AvgIpc) is 3.41. The van der Waals surface area contributed by atoms with E-state index in [1.54, 1.807) is 42.7 Å². The van der Waals surface area contributed by atoms with Gasteiger partial charge in [0.05, 0.1) is 5.41 Å². The number of pyridine rings is 2. The quantitative estimate of drug-likeness (QED) is 0.285. The first kappa shape index (κ1) is 27.6. The van der Waals surface area contributed by atoms with E-state index in [2.05, 4.69) is 37.7 Å². The molecule has 2 fully saturated rings. The van der Waals surface area contributed by atoms with Crippen LogP contribution >= 0.6 is 0 Å². The molecule has 218 valence electrons. The third kappa shape index (κ3) is 5.91. The normalized spacial score (nSPS) is 18.4. The Balaban J connectivity index is 1.14. The molecule has 1 aromatic carbocycles. The van der Waals surface area contributed by atoms with Crippen LogP contribution in [0, 0.1) is 12.3 Å². The van der Waals surface area contributed by atoms with Crippen molar-refractivity contribution in [1.29, 1.82) is 0 Å². The van der Waals surface area contributed by atoms with Crippen LogP contribution in [-0.2, 0) is 9.53 Å². The second-order valence-corrected chi connectivity index (χ2v) is 11.3. The molecule has 1 atom stereocenters. The van der Waals surface area contributed by atoms with E-state index >= 15 is 0 Å². The Labute approximate surface area is 244 Å². The van der Waals surface area contributed by atoms with Crippen LogP contribution in [-0.4, -0.2) is 69.2 Å². The molecule has 4 aromatic rings. The van der Waals surface area contributed by atoms with Gasteiger partial charge in [0, 0.05) is 56.4 Å². The average molecular weight is 570 g/mol. The fourth-order valence-electron chi connectivity index (χ4n) is 5.60. The number of aromatic amines is 1. The minimum atomic E-state index is -0.363. The summed E-state index contributed by atoms with van der Waals surface area (Å²) in [7, 11) is 0. The number of ether oxygens (including phenoxy) is 2. The van der Waals surface area contributed by atoms with Gasteiger partial charge in [-0.05, 0) is 74.6 Å². The largest absolute Gasteiger partial charge is 0.456 e. The molecular weight excluding hydrogens is 534 g/mol. The van der Waals surface area contributed by atoms with E-state index in [1.165, 1.54) is 0 Å². The molecule has 3 aromatic heterocycles. The molecular formula is C31H35N7O4. The minimum Gasteiger partial charge on any atom is -0.456 e. The van der Waals surface area contributed by atoms with E-state index in [-0.39, 0.29) is 23.3 Å². The number of anilines is 2. The lowest BCUT2D eigenvalue weighted by molar-refractivity contribution is -0.147. The summed E-state index contributed by atoms with van der Waals surface area (Å²) in [5, 5.41) is 14.6. The topological polar surface area (TPSA) is 134 Å². The highest BCUT2D eigenvalue weighted by molar-refractivity contribution is 6.03. The van der Waals surface area contributed by atoms with Crippen LogP contribution in [0.15, 0.2) is 54.9 Å². The van der Waals surface area contributed by atoms with Crippen molar-refractivity contribution >= 4 is 34.5 Å². The van der Waals surface area contributed by atoms with Crippen LogP contribution in [0.2, 0.25) is 0 Å². The van der Waals surface area contributed by atoms with Crippen LogP contribution in [0.4, 0.5) is 11.6 Å². The van der Waals surface area contributed by atoms with Crippen LogP contribution in [0.1, 0.15) is 48.5 Å². The minimum absolute atomic E-state index is 0.0476. The maximum atomic E-state index is 13.4. The van der Waals surface area contributed by atoms with Crippen LogP contribution in [0.3, 0.4) is 0 Å². The van der Waals surface area contributed by atoms with Gasteiger partial charge >= 0.3 is 0 Å². The fourth-order valence-corrected chi connectivity index (χ4v) is 5.60. The number of carbonyl (C=O) groups is 2. The molecule has 0 radical (unpaired) electrons. The summed E-state index contributed by atoms with van der Waals surface area (Å²) in [6.45, 7) is 6.65. The van der Waals surface area contributed by atoms with Crippen LogP contribution in [0.25, 0.3) is 11.0 Å². The number of fused-ring (bicyclic) bond motifs is 1. The highest BCUT2D eigenvalue weighted by Crippen LogP contribution is 2.35. The number of carbonyl (C=O) groups excluding carboxylic acids is 2. The number of hydrogen-bond donors (Lipinski definition) is 3. The molecule has 3 N–H and O–H groups in total. The SMILES string of the molecule is Cc1ccnc(NC(=O)c2ccc(Oc3ccnc4[nH]nc(NC5CCCN(C(=O)C6(C)CCOCC6)C5)c34)cc2)c1. The van der Waals surface area contributed by atoms with E-state index in [1.807, 2.05) is 24.0 Å². The second-order valence-electron chi connectivity index (χ2n) is 11.3. The number of amides is 2. The van der Waals surface area contributed by atoms with E-state index in [4.69, 9.17) is 9.47 Å². The Morgan fingerprint density at radius 2 is 1.88 bits per heavy atom. The second kappa shape index (κ2) is 11.8. The number of likely N-dealkylation sites (tertiary alicyclic amines) is 1. The van der Waals surface area contributed by atoms with Crippen molar-refractivity contribution in [3.8, 4) is 11.5 Å². The number of nitrogens with zero attached hydrogens (tertiary/aromatic N) is 4. The highest BCUT2D eigenvalue weighted by atomic mass is 16.5. The van der Waals surface area contributed by atoms with E-state index in [9.17, 15) is 9.59 Å². The summed E-state index contributed by atoms with van der Waals surface area (Å²) in [6.07, 6.45) is 6.67. The third-order valence-electron chi connectivity index (χ3n) is 8.09. The van der Waals surface area contributed by atoms with Gasteiger partial charge in [-0.15, -0.1) is 0 Å². The molecule has 5 heterocycles. The fraction of sp³-hybridized carbons (Fsp3) is 0.387. The van der Waals surface area contributed by atoms with E-state index < -0.39 is 0 Å². The predicted octanol–water partition coefficient (Wildman–Crippen LogP) is 4.93. The van der Waals surface area contributed by atoms with Crippen molar-refractivity contribution in [2.45, 2.75) is 45.6 Å². The molecule has 0 bridgehead atoms. The van der Waals surface area contributed by atoms with Gasteiger partial charge in [-0.3, -0.25) is 14.7 Å². The lowest BCUT2D eigenvalue weighted by atomic mass is 9.80. The molecule has 0 saturated carbocycles. The smallest absolute Gasteiger partial charge is 0.256 e. The van der Waals surface area contributed by atoms with E-state index in [0.717, 1.165) is 43.2 Å². The first-order valence-corrected chi connectivity index (χ1v) is 14.4. The molecule has 6 rings (SSSR count). The van der Waals surface area contributed by atoms with E-state index in [0.29, 0.717) is 54.1 Å². The van der Waals surface area contributed by atoms with Gasteiger partial charge in [-0.25, -0.2) is 9.97 Å². The molecule has 2 amide bonds. The summed E-state index contributed by atoms with van der Waals surface area (Å²) >= 11 is 0. The summed E-state index contributed by atoms with van der Waals surface area (Å²) in [4.78, 5) is 36.7. The first-order chi connectivity index (χ1) is 20.4. The van der Waals surface area contributed by atoms with Crippen LogP contribution in [0.5, 0.6) is 11.5 Å². The number of rotatable bonds is 7. The maximum Gasteiger partial charge on any atom is 0.256 e. The summed E-state index contributed by atoms with van der Waals surface area (Å²) < 4.78 is 11.7. The van der Waals surface area contributed by atoms with Crippen molar-refractivity contribution in [3.63, 3.8) is 0 Å². The number of benzene rings is 1. The number of hydrogen-bond acceptors (Lipinski definition) is 8. The van der Waals surface area contributed by atoms with Crippen molar-refractivity contribution in [2.75, 3.05) is 36.9 Å². The van der Waals surface area contributed by atoms with Gasteiger partial charge in [0.15, 0.2) is 11.5 Å². The number of piperidine rings is 1. The first-order valence-electron chi connectivity index (χ1n) is 14.4. The van der Waals surface area contributed by atoms with Gasteiger partial charge in [-0.2, -0.15) is 5.10 Å². The number of H-pyrrole nitrogens is 1. The van der Waals surface area contributed by atoms with Crippen LogP contribution < -0.4 is 15.4 Å². The third-order valence-corrected chi connectivity index (χ3v) is 8.09. The Kier molecular flexibility index (Phi) is 7.75. The molecule has 2 aliphatic rings. The number of nitrogens with one attached hydrogen (secondary N) is 3. The Hall–Kier alpha value is -4.51. The number of aromatic nitrogens is 4. The van der Waals surface area contributed by atoms with Gasteiger partial charge in [-0.1, -0.05) is 6.92 Å². The zero-order chi connectivity index (χ0) is 29.1. The zero-order valence-corrected chi connectivity index (χ0v) is 23.9. The van der Waals surface area contributed by atoms with Gasteiger partial charge in [0.25, 0.3) is 5.91 Å². The standard InChI is InChI=1S/C31H35N7O4/c1-20-9-13-32-25(18-20)35-29(39)21-5-7-23(8-6-21)42-24-10-14-33-27-26(24)28(37-36-27)34-22-4-3-15-38(19-22)30(40)31(2)11-16-41-17-12-31/h5-10,13-14,18,22H,3-4,11-12,15-17,19H2,1-2H3,(H,32,35,39)(H2,33,34,36,37). The molecule has 0 spiro atoms. The lowest BCUT2D eigenvalue weighted by Crippen LogP contribution is -2.51. The molecule has 11 heteroatoms. The maximum absolute atomic E-state index is 13.4. The summed E-state index contributed by atoms with van der Waals surface area (Å²) in [5.41, 5.74) is 1.73. The zero-order valence-electron chi connectivity index (χ0n) is 23.9. The highest BCUT2D eigenvalue weighted by Gasteiger charge is 2.39. The molecule has 2 aliphatic heterocycles. The Bertz CT molecular complexity index is 1580. The predicted molar refractivity (Wildman–Crippen MR) is 159 cm³/mol.